The number of aldehydes is 2. The van der Waals surface area contributed by atoms with E-state index in [9.17, 15) is 19.5 Å². The largest absolute Gasteiger partial charge is 0.464 e. The fourth-order valence-electron chi connectivity index (χ4n) is 9.23. The van der Waals surface area contributed by atoms with E-state index in [0.29, 0.717) is 66.2 Å². The van der Waals surface area contributed by atoms with Gasteiger partial charge < -0.3 is 33.5 Å². The molecule has 0 radical (unpaired) electrons. The van der Waals surface area contributed by atoms with Crippen molar-refractivity contribution in [3.05, 3.63) is 81.4 Å². The number of hydrogen-bond acceptors (Lipinski definition) is 11. The van der Waals surface area contributed by atoms with Gasteiger partial charge in [-0.05, 0) is 72.2 Å². The van der Waals surface area contributed by atoms with E-state index in [-0.39, 0.29) is 72.4 Å². The molecule has 0 spiro atoms. The number of alkyl halides is 3. The Morgan fingerprint density at radius 2 is 1.92 bits per heavy atom. The molecule has 3 aromatic rings. The minimum Gasteiger partial charge on any atom is -0.464 e. The van der Waals surface area contributed by atoms with Crippen LogP contribution in [0, 0.1) is 16.7 Å². The lowest BCUT2D eigenvalue weighted by atomic mass is 9.75. The Morgan fingerprint density at radius 3 is 2.57 bits per heavy atom. The van der Waals surface area contributed by atoms with Crippen LogP contribution in [0.1, 0.15) is 94.5 Å². The predicted octanol–water partition coefficient (Wildman–Crippen LogP) is 6.75. The van der Waals surface area contributed by atoms with Crippen molar-refractivity contribution in [2.75, 3.05) is 44.0 Å². The molecule has 5 heterocycles. The number of likely N-dealkylation sites (tertiary alicyclic amines) is 1. The molecule has 4 aliphatic heterocycles. The van der Waals surface area contributed by atoms with E-state index in [1.165, 1.54) is 27.6 Å². The lowest BCUT2D eigenvalue weighted by Crippen LogP contribution is -2.52. The molecule has 2 aromatic carbocycles. The summed E-state index contributed by atoms with van der Waals surface area (Å²) in [5, 5.41) is 27.0. The number of carbonyl (C=O) groups is 3. The number of fused-ring (bicyclic) bond motifs is 1. The number of halogens is 3. The van der Waals surface area contributed by atoms with Gasteiger partial charge in [-0.15, -0.1) is 11.8 Å². The van der Waals surface area contributed by atoms with Crippen LogP contribution in [0.4, 0.5) is 19.0 Å². The quantitative estimate of drug-likeness (QED) is 0.0489. The molecule has 0 bridgehead atoms. The second-order valence-corrected chi connectivity index (χ2v) is 18.2. The highest BCUT2D eigenvalue weighted by Gasteiger charge is 2.45. The number of pyridine rings is 1. The second kappa shape index (κ2) is 18.0. The molecule has 3 N–H and O–H groups in total. The number of nitrogens with one attached hydrogen (secondary N) is 2. The van der Waals surface area contributed by atoms with E-state index >= 15 is 13.2 Å². The summed E-state index contributed by atoms with van der Waals surface area (Å²) in [7, 11) is 1.62. The van der Waals surface area contributed by atoms with Gasteiger partial charge in [0.25, 0.3) is 5.91 Å². The molecule has 326 valence electrons. The van der Waals surface area contributed by atoms with Crippen molar-refractivity contribution in [3.63, 3.8) is 0 Å². The molecule has 13 nitrogen and oxygen atoms in total. The third-order valence-corrected chi connectivity index (χ3v) is 13.0. The summed E-state index contributed by atoms with van der Waals surface area (Å²) in [4.78, 5) is 45.5. The second-order valence-electron chi connectivity index (χ2n) is 17.0. The SMILES string of the molecule is CCSc1cc(C2(CC(=N)N(C)C=N)COC2)cc(N2Cc3c(cc(C[N+]4(Cc5ccc(OC6CC(O)CC(C=O)O6)c(C=O)c5)CCC[C@H](C)C4)cc3C(F)(F)F)C2=O)n1. The molecule has 61 heavy (non-hydrogen) atoms. The lowest BCUT2D eigenvalue weighted by Gasteiger charge is -2.44. The summed E-state index contributed by atoms with van der Waals surface area (Å²) in [6.45, 7) is 6.32. The third kappa shape index (κ3) is 9.55. The summed E-state index contributed by atoms with van der Waals surface area (Å²) in [5.74, 6) is 1.01. The molecule has 5 atom stereocenters. The molecule has 3 saturated heterocycles. The first kappa shape index (κ1) is 44.4. The molecule has 1 amide bonds. The van der Waals surface area contributed by atoms with E-state index in [1.807, 2.05) is 19.1 Å². The highest BCUT2D eigenvalue weighted by atomic mass is 32.2. The molecular formula is C44H52F3N6O7S+. The zero-order chi connectivity index (χ0) is 43.7. The summed E-state index contributed by atoms with van der Waals surface area (Å²) >= 11 is 1.44. The van der Waals surface area contributed by atoms with Crippen molar-refractivity contribution in [1.82, 2.24) is 9.88 Å². The van der Waals surface area contributed by atoms with Gasteiger partial charge in [-0.2, -0.15) is 13.2 Å². The standard InChI is InChI=1S/C44H52F3N6O7S/c1-4-61-40-14-31(43(24-58-25-43)17-38(49)51(3)26-48)13-39(50-40)52-18-35-34(42(52)57)11-29(12-36(35)44(45,46)47)21-53(9-5-6-27(2)19-53)20-28-7-8-37(30(10-28)22-54)60-41-16-32(56)15-33(23-55)59-41/h7-8,10-14,22-23,26-27,32-33,41,48-49,56H,4-6,9,15-21,24-25H2,1-3H3/q+1/t27-,32?,33?,41?,53?/m0/s1. The maximum absolute atomic E-state index is 15.1. The van der Waals surface area contributed by atoms with Crippen molar-refractivity contribution in [2.24, 2.45) is 5.92 Å². The number of quaternary nitrogens is 1. The summed E-state index contributed by atoms with van der Waals surface area (Å²) in [6.07, 6.45) is -2.66. The number of rotatable bonds is 15. The van der Waals surface area contributed by atoms with Gasteiger partial charge in [0.1, 0.15) is 42.9 Å². The number of aromatic nitrogens is 1. The van der Waals surface area contributed by atoms with E-state index < -0.39 is 41.6 Å². The number of carbonyl (C=O) groups excluding carboxylic acids is 3. The molecule has 4 aliphatic rings. The van der Waals surface area contributed by atoms with Gasteiger partial charge in [0.2, 0.25) is 6.29 Å². The number of amidine groups is 1. The van der Waals surface area contributed by atoms with Crippen molar-refractivity contribution >= 4 is 48.2 Å². The Balaban J connectivity index is 1.19. The summed E-state index contributed by atoms with van der Waals surface area (Å²) in [5.41, 5.74) is 0.546. The van der Waals surface area contributed by atoms with Crippen molar-refractivity contribution in [2.45, 2.75) is 101 Å². The van der Waals surface area contributed by atoms with Crippen LogP contribution < -0.4 is 9.64 Å². The Labute approximate surface area is 357 Å². The van der Waals surface area contributed by atoms with Gasteiger partial charge in [0, 0.05) is 54.3 Å². The third-order valence-electron chi connectivity index (χ3n) is 12.2. The van der Waals surface area contributed by atoms with Gasteiger partial charge in [-0.1, -0.05) is 13.8 Å². The van der Waals surface area contributed by atoms with Gasteiger partial charge in [0.05, 0.1) is 61.4 Å². The number of thioether (sulfide) groups is 1. The van der Waals surface area contributed by atoms with E-state index in [2.05, 4.69) is 6.92 Å². The normalized spacial score (nSPS) is 24.7. The van der Waals surface area contributed by atoms with Gasteiger partial charge in [-0.25, -0.2) is 4.98 Å². The molecular weight excluding hydrogens is 814 g/mol. The average molecular weight is 866 g/mol. The lowest BCUT2D eigenvalue weighted by molar-refractivity contribution is -0.960. The van der Waals surface area contributed by atoms with Crippen molar-refractivity contribution in [1.29, 1.82) is 10.8 Å². The zero-order valence-corrected chi connectivity index (χ0v) is 35.3. The summed E-state index contributed by atoms with van der Waals surface area (Å²) < 4.78 is 62.8. The first-order valence-corrected chi connectivity index (χ1v) is 21.5. The topological polar surface area (TPSA) is 166 Å². The highest BCUT2D eigenvalue weighted by molar-refractivity contribution is 7.99. The zero-order valence-electron chi connectivity index (χ0n) is 34.5. The first-order chi connectivity index (χ1) is 29.1. The number of anilines is 1. The Hall–Kier alpha value is -4.68. The van der Waals surface area contributed by atoms with Gasteiger partial charge >= 0.3 is 6.18 Å². The maximum Gasteiger partial charge on any atom is 0.416 e. The number of nitrogens with zero attached hydrogens (tertiary/aromatic N) is 4. The van der Waals surface area contributed by atoms with E-state index in [4.69, 9.17) is 30.0 Å². The fourth-order valence-corrected chi connectivity index (χ4v) is 9.89. The van der Waals surface area contributed by atoms with E-state index in [0.717, 1.165) is 30.3 Å². The van der Waals surface area contributed by atoms with Crippen LogP contribution in [0.2, 0.25) is 0 Å². The first-order valence-electron chi connectivity index (χ1n) is 20.6. The molecule has 0 aliphatic carbocycles. The number of aliphatic hydroxyl groups excluding tert-OH is 1. The van der Waals surface area contributed by atoms with Gasteiger partial charge in [-0.3, -0.25) is 25.3 Å². The van der Waals surface area contributed by atoms with Gasteiger partial charge in [0.15, 0.2) is 6.29 Å². The van der Waals surface area contributed by atoms with Crippen LogP contribution in [0.5, 0.6) is 5.75 Å². The van der Waals surface area contributed by atoms with Crippen LogP contribution in [0.25, 0.3) is 0 Å². The van der Waals surface area contributed by atoms with Crippen molar-refractivity contribution < 1.29 is 51.4 Å². The molecule has 3 fully saturated rings. The van der Waals surface area contributed by atoms with Crippen LogP contribution >= 0.6 is 11.8 Å². The molecule has 1 aromatic heterocycles. The highest BCUT2D eigenvalue weighted by Crippen LogP contribution is 2.43. The monoisotopic (exact) mass is 865 g/mol. The Bertz CT molecular complexity index is 2190. The minimum absolute atomic E-state index is 0.0161. The molecule has 17 heteroatoms. The fraction of sp³-hybridized carbons (Fsp3) is 0.500. The Kier molecular flexibility index (Phi) is 13.1. The van der Waals surface area contributed by atoms with Crippen molar-refractivity contribution in [3.8, 4) is 5.75 Å². The summed E-state index contributed by atoms with van der Waals surface area (Å²) in [6, 6.07) is 11.6. The maximum atomic E-state index is 15.1. The molecule has 4 unspecified atom stereocenters. The number of aliphatic hydroxyl groups is 1. The predicted molar refractivity (Wildman–Crippen MR) is 222 cm³/mol. The number of hydrogen-bond donors (Lipinski definition) is 3. The van der Waals surface area contributed by atoms with Crippen LogP contribution in [-0.2, 0) is 45.5 Å². The smallest absolute Gasteiger partial charge is 0.416 e. The van der Waals surface area contributed by atoms with Crippen LogP contribution in [0.15, 0.2) is 47.5 Å². The number of piperidine rings is 1. The number of ether oxygens (including phenoxy) is 3. The molecule has 7 rings (SSSR count). The van der Waals surface area contributed by atoms with Crippen LogP contribution in [0.3, 0.4) is 0 Å². The number of benzene rings is 2. The number of amides is 1. The Morgan fingerprint density at radius 1 is 1.15 bits per heavy atom. The van der Waals surface area contributed by atoms with E-state index in [1.54, 1.807) is 31.3 Å². The molecule has 0 saturated carbocycles. The minimum atomic E-state index is -4.75. The average Bonchev–Trinajstić information content (AvgIpc) is 3.53. The van der Waals surface area contributed by atoms with Crippen LogP contribution in [-0.4, -0.2) is 108 Å².